The monoisotopic (exact) mass is 280 g/mol. The van der Waals surface area contributed by atoms with Crippen LogP contribution in [0.3, 0.4) is 0 Å². The first-order chi connectivity index (χ1) is 8.94. The first-order valence-corrected chi connectivity index (χ1v) is 6.75. The van der Waals surface area contributed by atoms with Crippen LogP contribution >= 0.6 is 12.2 Å². The number of hydrogen-bond donors (Lipinski definition) is 2. The molecule has 0 heterocycles. The van der Waals surface area contributed by atoms with Crippen LogP contribution < -0.4 is 11.1 Å². The van der Waals surface area contributed by atoms with Gasteiger partial charge >= 0.3 is 0 Å². The molecule has 1 aromatic carbocycles. The van der Waals surface area contributed by atoms with Crippen LogP contribution in [-0.4, -0.2) is 10.9 Å². The lowest BCUT2D eigenvalue weighted by atomic mass is 9.87. The van der Waals surface area contributed by atoms with Gasteiger partial charge in [0.1, 0.15) is 10.8 Å². The molecule has 0 aromatic heterocycles. The summed E-state index contributed by atoms with van der Waals surface area (Å²) >= 11 is 4.84. The van der Waals surface area contributed by atoms with Crippen LogP contribution in [0, 0.1) is 11.2 Å². The van der Waals surface area contributed by atoms with Gasteiger partial charge in [-0.1, -0.05) is 38.0 Å². The number of nitrogens with two attached hydrogens (primary N) is 1. The Morgan fingerprint density at radius 1 is 1.42 bits per heavy atom. The quantitative estimate of drug-likeness (QED) is 0.837. The molecule has 0 bridgehead atoms. The average molecular weight is 280 g/mol. The summed E-state index contributed by atoms with van der Waals surface area (Å²) in [5.74, 6) is -0.602. The van der Waals surface area contributed by atoms with Gasteiger partial charge in [0.15, 0.2) is 0 Å². The standard InChI is InChI=1S/C14H17FN2OS/c1-14(7-2-3-8-14)13(18)17-10-6-4-5-9(15)11(10)12(16)19/h4-6H,2-3,7-8H2,1H3,(H2,16,19)(H,17,18). The number of halogens is 1. The summed E-state index contributed by atoms with van der Waals surface area (Å²) in [4.78, 5) is 12.3. The highest BCUT2D eigenvalue weighted by Crippen LogP contribution is 2.38. The van der Waals surface area contributed by atoms with Crippen LogP contribution in [0.25, 0.3) is 0 Å². The van der Waals surface area contributed by atoms with Crippen molar-refractivity contribution in [3.8, 4) is 0 Å². The van der Waals surface area contributed by atoms with Crippen molar-refractivity contribution < 1.29 is 9.18 Å². The van der Waals surface area contributed by atoms with Gasteiger partial charge in [0.2, 0.25) is 5.91 Å². The van der Waals surface area contributed by atoms with E-state index in [2.05, 4.69) is 5.32 Å². The van der Waals surface area contributed by atoms with E-state index in [1.165, 1.54) is 12.1 Å². The molecule has 0 atom stereocenters. The largest absolute Gasteiger partial charge is 0.389 e. The van der Waals surface area contributed by atoms with Crippen molar-refractivity contribution in [1.82, 2.24) is 0 Å². The molecule has 5 heteroatoms. The number of benzene rings is 1. The van der Waals surface area contributed by atoms with E-state index in [1.807, 2.05) is 6.92 Å². The fourth-order valence-electron chi connectivity index (χ4n) is 2.53. The van der Waals surface area contributed by atoms with E-state index in [0.29, 0.717) is 5.69 Å². The average Bonchev–Trinajstić information content (AvgIpc) is 2.77. The molecule has 19 heavy (non-hydrogen) atoms. The highest BCUT2D eigenvalue weighted by Gasteiger charge is 2.36. The molecular weight excluding hydrogens is 263 g/mol. The molecule has 3 N–H and O–H groups in total. The van der Waals surface area contributed by atoms with Gasteiger partial charge in [0.25, 0.3) is 0 Å². The number of carbonyl (C=O) groups is 1. The summed E-state index contributed by atoms with van der Waals surface area (Å²) in [7, 11) is 0. The van der Waals surface area contributed by atoms with Gasteiger partial charge < -0.3 is 11.1 Å². The number of anilines is 1. The van der Waals surface area contributed by atoms with Crippen molar-refractivity contribution in [2.24, 2.45) is 11.1 Å². The Labute approximate surface area is 117 Å². The second kappa shape index (κ2) is 5.25. The predicted octanol–water partition coefficient (Wildman–Crippen LogP) is 2.98. The van der Waals surface area contributed by atoms with Crippen molar-refractivity contribution in [1.29, 1.82) is 0 Å². The molecule has 0 unspecified atom stereocenters. The van der Waals surface area contributed by atoms with Crippen LogP contribution in [0.5, 0.6) is 0 Å². The second-order valence-electron chi connectivity index (χ2n) is 5.25. The Morgan fingerprint density at radius 3 is 2.63 bits per heavy atom. The predicted molar refractivity (Wildman–Crippen MR) is 77.5 cm³/mol. The van der Waals surface area contributed by atoms with Crippen molar-refractivity contribution in [2.45, 2.75) is 32.6 Å². The van der Waals surface area contributed by atoms with Crippen molar-refractivity contribution in [3.05, 3.63) is 29.6 Å². The lowest BCUT2D eigenvalue weighted by Crippen LogP contribution is -2.31. The van der Waals surface area contributed by atoms with Gasteiger partial charge in [-0.3, -0.25) is 4.79 Å². The maximum absolute atomic E-state index is 13.7. The summed E-state index contributed by atoms with van der Waals surface area (Å²) in [6.07, 6.45) is 3.82. The number of amides is 1. The number of rotatable bonds is 3. The van der Waals surface area contributed by atoms with Gasteiger partial charge in [-0.15, -0.1) is 0 Å². The summed E-state index contributed by atoms with van der Waals surface area (Å²) in [6.45, 7) is 1.94. The van der Waals surface area contributed by atoms with E-state index in [0.717, 1.165) is 25.7 Å². The Kier molecular flexibility index (Phi) is 3.85. The number of hydrogen-bond acceptors (Lipinski definition) is 2. The Balaban J connectivity index is 2.26. The normalized spacial score (nSPS) is 17.2. The summed E-state index contributed by atoms with van der Waals surface area (Å²) < 4.78 is 13.7. The lowest BCUT2D eigenvalue weighted by Gasteiger charge is -2.23. The van der Waals surface area contributed by atoms with Gasteiger partial charge in [-0.2, -0.15) is 0 Å². The number of nitrogens with one attached hydrogen (secondary N) is 1. The van der Waals surface area contributed by atoms with E-state index in [4.69, 9.17) is 18.0 Å². The molecule has 102 valence electrons. The van der Waals surface area contributed by atoms with Crippen LogP contribution in [0.2, 0.25) is 0 Å². The summed E-state index contributed by atoms with van der Waals surface area (Å²) in [5.41, 5.74) is 5.60. The molecule has 1 saturated carbocycles. The highest BCUT2D eigenvalue weighted by atomic mass is 32.1. The first-order valence-electron chi connectivity index (χ1n) is 6.34. The molecule has 0 aliphatic heterocycles. The van der Waals surface area contributed by atoms with Gasteiger partial charge in [0.05, 0.1) is 11.3 Å². The highest BCUT2D eigenvalue weighted by molar-refractivity contribution is 7.80. The van der Waals surface area contributed by atoms with E-state index in [9.17, 15) is 9.18 Å². The molecule has 0 saturated heterocycles. The second-order valence-corrected chi connectivity index (χ2v) is 5.69. The number of carbonyl (C=O) groups excluding carboxylic acids is 1. The van der Waals surface area contributed by atoms with Crippen LogP contribution in [0.15, 0.2) is 18.2 Å². The van der Waals surface area contributed by atoms with Crippen molar-refractivity contribution in [3.63, 3.8) is 0 Å². The molecule has 1 aromatic rings. The molecule has 1 amide bonds. The minimum Gasteiger partial charge on any atom is -0.389 e. The maximum Gasteiger partial charge on any atom is 0.230 e. The molecule has 1 aliphatic carbocycles. The van der Waals surface area contributed by atoms with Gasteiger partial charge in [-0.25, -0.2) is 4.39 Å². The third-order valence-electron chi connectivity index (χ3n) is 3.76. The smallest absolute Gasteiger partial charge is 0.230 e. The minimum atomic E-state index is -0.512. The summed E-state index contributed by atoms with van der Waals surface area (Å²) in [5, 5.41) is 2.77. The SMILES string of the molecule is CC1(C(=O)Nc2cccc(F)c2C(N)=S)CCCC1. The Bertz CT molecular complexity index is 524. The van der Waals surface area contributed by atoms with Gasteiger partial charge in [-0.05, 0) is 25.0 Å². The molecular formula is C14H17FN2OS. The molecule has 0 radical (unpaired) electrons. The Hall–Kier alpha value is -1.49. The van der Waals surface area contributed by atoms with Gasteiger partial charge in [0, 0.05) is 5.41 Å². The van der Waals surface area contributed by atoms with Crippen LogP contribution in [0.4, 0.5) is 10.1 Å². The fraction of sp³-hybridized carbons (Fsp3) is 0.429. The topological polar surface area (TPSA) is 55.1 Å². The Morgan fingerprint density at radius 2 is 2.05 bits per heavy atom. The lowest BCUT2D eigenvalue weighted by molar-refractivity contribution is -0.124. The fourth-order valence-corrected chi connectivity index (χ4v) is 2.74. The third-order valence-corrected chi connectivity index (χ3v) is 3.97. The molecule has 0 spiro atoms. The molecule has 3 nitrogen and oxygen atoms in total. The zero-order valence-corrected chi connectivity index (χ0v) is 11.6. The zero-order valence-electron chi connectivity index (χ0n) is 10.8. The van der Waals surface area contributed by atoms with Crippen molar-refractivity contribution >= 4 is 28.8 Å². The van der Waals surface area contributed by atoms with E-state index < -0.39 is 5.82 Å². The third kappa shape index (κ3) is 2.76. The first kappa shape index (κ1) is 13.9. The number of thiocarbonyl (C=S) groups is 1. The van der Waals surface area contributed by atoms with Crippen molar-refractivity contribution in [2.75, 3.05) is 5.32 Å². The molecule has 1 fully saturated rings. The van der Waals surface area contributed by atoms with E-state index in [-0.39, 0.29) is 21.9 Å². The van der Waals surface area contributed by atoms with Crippen LogP contribution in [0.1, 0.15) is 38.2 Å². The molecule has 1 aliphatic rings. The van der Waals surface area contributed by atoms with E-state index in [1.54, 1.807) is 6.07 Å². The van der Waals surface area contributed by atoms with E-state index >= 15 is 0 Å². The zero-order chi connectivity index (χ0) is 14.0. The minimum absolute atomic E-state index is 0.0509. The summed E-state index contributed by atoms with van der Waals surface area (Å²) in [6, 6.07) is 4.43. The van der Waals surface area contributed by atoms with Crippen LogP contribution in [-0.2, 0) is 4.79 Å². The maximum atomic E-state index is 13.7. The molecule has 2 rings (SSSR count).